The third kappa shape index (κ3) is 2.23. The fourth-order valence-corrected chi connectivity index (χ4v) is 3.09. The number of piperidine rings is 1. The summed E-state index contributed by atoms with van der Waals surface area (Å²) >= 11 is 1.65. The van der Waals surface area contributed by atoms with E-state index in [1.165, 1.54) is 0 Å². The summed E-state index contributed by atoms with van der Waals surface area (Å²) in [7, 11) is 0. The van der Waals surface area contributed by atoms with Gasteiger partial charge in [0.25, 0.3) is 5.56 Å². The Balaban J connectivity index is 1.98. The molecule has 18 heavy (non-hydrogen) atoms. The first-order chi connectivity index (χ1) is 8.84. The number of thiophene rings is 1. The molecule has 2 N–H and O–H groups in total. The average Bonchev–Trinajstić information content (AvgIpc) is 2.94. The Morgan fingerprint density at radius 3 is 2.83 bits per heavy atom. The lowest BCUT2D eigenvalue weighted by Crippen LogP contribution is -2.86. The van der Waals surface area contributed by atoms with Crippen molar-refractivity contribution in [2.45, 2.75) is 18.9 Å². The number of nitrogens with two attached hydrogens (primary N) is 1. The Morgan fingerprint density at radius 2 is 2.11 bits per heavy atom. The number of nitrogens with zero attached hydrogens (tertiary/aromatic N) is 2. The summed E-state index contributed by atoms with van der Waals surface area (Å²) in [6.45, 7) is 2.17. The predicted octanol–water partition coefficient (Wildman–Crippen LogP) is 0.870. The van der Waals surface area contributed by atoms with Crippen LogP contribution in [-0.4, -0.2) is 22.9 Å². The van der Waals surface area contributed by atoms with Gasteiger partial charge in [-0.3, -0.25) is 4.79 Å². The van der Waals surface area contributed by atoms with Gasteiger partial charge in [-0.25, -0.2) is 4.68 Å². The second-order valence-corrected chi connectivity index (χ2v) is 5.52. The van der Waals surface area contributed by atoms with Gasteiger partial charge < -0.3 is 5.32 Å². The number of aromatic nitrogens is 2. The molecule has 1 aliphatic rings. The lowest BCUT2D eigenvalue weighted by molar-refractivity contribution is -0.664. The smallest absolute Gasteiger partial charge is 0.267 e. The van der Waals surface area contributed by atoms with Crippen LogP contribution in [0.1, 0.15) is 18.9 Å². The normalized spacial score (nSPS) is 16.9. The summed E-state index contributed by atoms with van der Waals surface area (Å²) in [6, 6.07) is 7.77. The van der Waals surface area contributed by atoms with E-state index in [2.05, 4.69) is 10.4 Å². The van der Waals surface area contributed by atoms with Gasteiger partial charge in [0.15, 0.2) is 0 Å². The lowest BCUT2D eigenvalue weighted by atomic mass is 10.1. The fraction of sp³-hybridized carbons (Fsp3) is 0.385. The van der Waals surface area contributed by atoms with E-state index in [1.54, 1.807) is 22.1 Å². The van der Waals surface area contributed by atoms with Crippen LogP contribution in [0.25, 0.3) is 10.6 Å². The monoisotopic (exact) mass is 262 g/mol. The minimum Gasteiger partial charge on any atom is -0.346 e. The third-order valence-corrected chi connectivity index (χ3v) is 4.24. The number of hydrogen-bond acceptors (Lipinski definition) is 3. The highest BCUT2D eigenvalue weighted by Gasteiger charge is 2.19. The van der Waals surface area contributed by atoms with Crippen LogP contribution in [0.5, 0.6) is 0 Å². The van der Waals surface area contributed by atoms with Crippen molar-refractivity contribution in [3.05, 3.63) is 40.0 Å². The summed E-state index contributed by atoms with van der Waals surface area (Å²) in [5.74, 6) is 0. The standard InChI is InChI=1S/C13H15N3OS/c17-13-4-3-11(12-2-1-9-18-12)15-16(13)10-5-7-14-8-6-10/h1-4,9-10,14H,5-8H2/p+1. The summed E-state index contributed by atoms with van der Waals surface area (Å²) in [5, 5.41) is 8.87. The molecule has 4 nitrogen and oxygen atoms in total. The van der Waals surface area contributed by atoms with Crippen molar-refractivity contribution in [2.24, 2.45) is 0 Å². The van der Waals surface area contributed by atoms with Gasteiger partial charge in [0.2, 0.25) is 0 Å². The molecule has 0 atom stereocenters. The molecule has 2 aromatic heterocycles. The van der Waals surface area contributed by atoms with Crippen molar-refractivity contribution in [3.63, 3.8) is 0 Å². The SMILES string of the molecule is O=c1ccc(-c2cccs2)nn1C1CC[NH2+]CC1. The molecule has 0 amide bonds. The third-order valence-electron chi connectivity index (χ3n) is 3.35. The molecule has 2 aromatic rings. The molecular formula is C13H16N3OS+. The summed E-state index contributed by atoms with van der Waals surface area (Å²) in [5.41, 5.74) is 0.918. The van der Waals surface area contributed by atoms with Crippen LogP contribution >= 0.6 is 11.3 Å². The van der Waals surface area contributed by atoms with E-state index in [1.807, 2.05) is 23.6 Å². The predicted molar refractivity (Wildman–Crippen MR) is 71.7 cm³/mol. The van der Waals surface area contributed by atoms with Crippen LogP contribution in [0.4, 0.5) is 0 Å². The number of hydrogen-bond donors (Lipinski definition) is 1. The second-order valence-electron chi connectivity index (χ2n) is 4.58. The molecule has 3 heterocycles. The van der Waals surface area contributed by atoms with Gasteiger partial charge in [0.1, 0.15) is 5.69 Å². The highest BCUT2D eigenvalue weighted by Crippen LogP contribution is 2.22. The van der Waals surface area contributed by atoms with E-state index in [0.717, 1.165) is 36.5 Å². The van der Waals surface area contributed by atoms with E-state index >= 15 is 0 Å². The van der Waals surface area contributed by atoms with Crippen LogP contribution in [0.2, 0.25) is 0 Å². The zero-order valence-corrected chi connectivity index (χ0v) is 10.9. The van der Waals surface area contributed by atoms with Gasteiger partial charge in [-0.1, -0.05) is 6.07 Å². The van der Waals surface area contributed by atoms with E-state index in [9.17, 15) is 4.79 Å². The molecule has 94 valence electrons. The van der Waals surface area contributed by atoms with E-state index < -0.39 is 0 Å². The first-order valence-corrected chi connectivity index (χ1v) is 7.18. The quantitative estimate of drug-likeness (QED) is 0.873. The van der Waals surface area contributed by atoms with E-state index in [-0.39, 0.29) is 11.6 Å². The Kier molecular flexibility index (Phi) is 3.25. The summed E-state index contributed by atoms with van der Waals surface area (Å²) in [6.07, 6.45) is 2.06. The summed E-state index contributed by atoms with van der Waals surface area (Å²) in [4.78, 5) is 13.1. The van der Waals surface area contributed by atoms with Crippen LogP contribution in [0, 0.1) is 0 Å². The van der Waals surface area contributed by atoms with Crippen LogP contribution in [0.15, 0.2) is 34.4 Å². The van der Waals surface area contributed by atoms with Crippen molar-refractivity contribution >= 4 is 11.3 Å². The molecule has 1 fully saturated rings. The second kappa shape index (κ2) is 5.04. The number of rotatable bonds is 2. The van der Waals surface area contributed by atoms with Crippen LogP contribution in [-0.2, 0) is 0 Å². The Labute approximate surface area is 109 Å². The zero-order valence-electron chi connectivity index (χ0n) is 10.1. The molecule has 3 rings (SSSR count). The minimum absolute atomic E-state index is 0.0159. The van der Waals surface area contributed by atoms with Crippen molar-refractivity contribution < 1.29 is 5.32 Å². The maximum atomic E-state index is 11.9. The molecule has 0 bridgehead atoms. The van der Waals surface area contributed by atoms with Gasteiger partial charge in [-0.05, 0) is 17.5 Å². The van der Waals surface area contributed by atoms with E-state index in [4.69, 9.17) is 0 Å². The first kappa shape index (κ1) is 11.6. The largest absolute Gasteiger partial charge is 0.346 e. The van der Waals surface area contributed by atoms with Crippen molar-refractivity contribution in [2.75, 3.05) is 13.1 Å². The Morgan fingerprint density at radius 1 is 1.28 bits per heavy atom. The Hall–Kier alpha value is -1.46. The first-order valence-electron chi connectivity index (χ1n) is 6.30. The fourth-order valence-electron chi connectivity index (χ4n) is 2.40. The van der Waals surface area contributed by atoms with Crippen LogP contribution in [0.3, 0.4) is 0 Å². The maximum absolute atomic E-state index is 11.9. The van der Waals surface area contributed by atoms with Gasteiger partial charge in [-0.15, -0.1) is 11.3 Å². The Bertz CT molecular complexity index is 570. The molecule has 1 aliphatic heterocycles. The van der Waals surface area contributed by atoms with Gasteiger partial charge in [0.05, 0.1) is 24.0 Å². The molecule has 0 saturated carbocycles. The van der Waals surface area contributed by atoms with Gasteiger partial charge >= 0.3 is 0 Å². The minimum atomic E-state index is 0.0159. The van der Waals surface area contributed by atoms with Crippen molar-refractivity contribution in [1.82, 2.24) is 9.78 Å². The molecule has 0 aliphatic carbocycles. The summed E-state index contributed by atoms with van der Waals surface area (Å²) < 4.78 is 1.68. The van der Waals surface area contributed by atoms with Gasteiger partial charge in [-0.2, -0.15) is 5.10 Å². The number of quaternary nitrogens is 1. The average molecular weight is 262 g/mol. The molecule has 5 heteroatoms. The molecular weight excluding hydrogens is 246 g/mol. The highest BCUT2D eigenvalue weighted by atomic mass is 32.1. The zero-order chi connectivity index (χ0) is 12.4. The van der Waals surface area contributed by atoms with Crippen molar-refractivity contribution in [1.29, 1.82) is 0 Å². The maximum Gasteiger partial charge on any atom is 0.267 e. The van der Waals surface area contributed by atoms with Crippen molar-refractivity contribution in [3.8, 4) is 10.6 Å². The molecule has 0 aromatic carbocycles. The molecule has 0 spiro atoms. The molecule has 0 radical (unpaired) electrons. The topological polar surface area (TPSA) is 51.5 Å². The van der Waals surface area contributed by atoms with Gasteiger partial charge in [0, 0.05) is 18.9 Å². The highest BCUT2D eigenvalue weighted by molar-refractivity contribution is 7.13. The van der Waals surface area contributed by atoms with Crippen LogP contribution < -0.4 is 10.9 Å². The molecule has 1 saturated heterocycles. The molecule has 0 unspecified atom stereocenters. The van der Waals surface area contributed by atoms with E-state index in [0.29, 0.717) is 0 Å². The lowest BCUT2D eigenvalue weighted by Gasteiger charge is -2.21.